The van der Waals surface area contributed by atoms with Crippen LogP contribution in [0.1, 0.15) is 16.1 Å². The first-order valence-corrected chi connectivity index (χ1v) is 7.35. The van der Waals surface area contributed by atoms with Crippen molar-refractivity contribution < 1.29 is 19.1 Å². The predicted octanol–water partition coefficient (Wildman–Crippen LogP) is 4.31. The molecule has 1 N–H and O–H groups in total. The highest BCUT2D eigenvalue weighted by molar-refractivity contribution is 14.1. The number of furan rings is 1. The van der Waals surface area contributed by atoms with E-state index in [9.17, 15) is 9.90 Å². The van der Waals surface area contributed by atoms with E-state index in [-0.39, 0.29) is 12.2 Å². The first kappa shape index (κ1) is 13.9. The Morgan fingerprint density at radius 1 is 1.14 bits per heavy atom. The van der Waals surface area contributed by atoms with E-state index in [1.807, 2.05) is 24.3 Å². The van der Waals surface area contributed by atoms with Crippen LogP contribution in [0.25, 0.3) is 11.0 Å². The van der Waals surface area contributed by atoms with Gasteiger partial charge in [-0.15, -0.1) is 0 Å². The summed E-state index contributed by atoms with van der Waals surface area (Å²) in [6.45, 7) is 0.0803. The molecule has 0 aliphatic heterocycles. The Bertz CT molecular complexity index is 790. The Morgan fingerprint density at radius 2 is 1.86 bits per heavy atom. The number of carbonyl (C=O) groups is 1. The van der Waals surface area contributed by atoms with Gasteiger partial charge in [0.2, 0.25) is 0 Å². The van der Waals surface area contributed by atoms with E-state index >= 15 is 0 Å². The van der Waals surface area contributed by atoms with Gasteiger partial charge in [0.25, 0.3) is 0 Å². The molecule has 0 spiro atoms. The largest absolute Gasteiger partial charge is 0.486 e. The molecule has 1 aromatic heterocycles. The second-order valence-electron chi connectivity index (χ2n) is 4.44. The van der Waals surface area contributed by atoms with Crippen LogP contribution >= 0.6 is 22.6 Å². The van der Waals surface area contributed by atoms with Crippen molar-refractivity contribution in [2.75, 3.05) is 0 Å². The number of halogens is 1. The van der Waals surface area contributed by atoms with Gasteiger partial charge in [0, 0.05) is 8.96 Å². The average molecular weight is 394 g/mol. The standard InChI is InChI=1S/C16H11IO4/c17-10-5-7-11(8-6-10)20-9-14-15(16(18)19)12-3-1-2-4-13(12)21-14/h1-8H,9H2,(H,18,19). The van der Waals surface area contributed by atoms with E-state index < -0.39 is 5.97 Å². The minimum atomic E-state index is -1.01. The van der Waals surface area contributed by atoms with Crippen molar-refractivity contribution in [1.29, 1.82) is 0 Å². The average Bonchev–Trinajstić information content (AvgIpc) is 2.85. The van der Waals surface area contributed by atoms with Gasteiger partial charge < -0.3 is 14.3 Å². The van der Waals surface area contributed by atoms with Gasteiger partial charge in [0.1, 0.15) is 23.5 Å². The van der Waals surface area contributed by atoms with E-state index in [0.717, 1.165) is 3.57 Å². The van der Waals surface area contributed by atoms with Crippen LogP contribution in [-0.4, -0.2) is 11.1 Å². The van der Waals surface area contributed by atoms with Crippen molar-refractivity contribution in [3.63, 3.8) is 0 Å². The van der Waals surface area contributed by atoms with Crippen molar-refractivity contribution in [3.8, 4) is 5.75 Å². The van der Waals surface area contributed by atoms with Crippen LogP contribution in [0.5, 0.6) is 5.75 Å². The summed E-state index contributed by atoms with van der Waals surface area (Å²) in [7, 11) is 0. The molecule has 3 aromatic rings. The molecule has 0 bridgehead atoms. The minimum absolute atomic E-state index is 0.0803. The van der Waals surface area contributed by atoms with Crippen molar-refractivity contribution >= 4 is 39.5 Å². The molecule has 0 radical (unpaired) electrons. The van der Waals surface area contributed by atoms with Gasteiger partial charge in [0.05, 0.1) is 0 Å². The zero-order valence-electron chi connectivity index (χ0n) is 10.9. The molecule has 0 unspecified atom stereocenters. The second kappa shape index (κ2) is 5.77. The van der Waals surface area contributed by atoms with Gasteiger partial charge in [0.15, 0.2) is 5.76 Å². The third kappa shape index (κ3) is 2.87. The molecule has 4 nitrogen and oxygen atoms in total. The fraction of sp³-hybridized carbons (Fsp3) is 0.0625. The first-order chi connectivity index (χ1) is 10.1. The molecule has 0 aliphatic rings. The highest BCUT2D eigenvalue weighted by Gasteiger charge is 2.20. The lowest BCUT2D eigenvalue weighted by atomic mass is 10.1. The first-order valence-electron chi connectivity index (χ1n) is 6.27. The second-order valence-corrected chi connectivity index (χ2v) is 5.69. The molecule has 0 saturated carbocycles. The lowest BCUT2D eigenvalue weighted by molar-refractivity contribution is 0.0693. The molecular formula is C16H11IO4. The van der Waals surface area contributed by atoms with E-state index in [1.165, 1.54) is 0 Å². The van der Waals surface area contributed by atoms with Gasteiger partial charge in [-0.3, -0.25) is 0 Å². The number of rotatable bonds is 4. The minimum Gasteiger partial charge on any atom is -0.486 e. The van der Waals surface area contributed by atoms with Gasteiger partial charge in [-0.2, -0.15) is 0 Å². The summed E-state index contributed by atoms with van der Waals surface area (Å²) < 4.78 is 12.3. The van der Waals surface area contributed by atoms with Crippen molar-refractivity contribution in [2.45, 2.75) is 6.61 Å². The number of carboxylic acid groups (broad SMARTS) is 1. The zero-order valence-corrected chi connectivity index (χ0v) is 13.0. The summed E-state index contributed by atoms with van der Waals surface area (Å²) in [5.41, 5.74) is 0.715. The maximum atomic E-state index is 11.4. The number of hydrogen-bond acceptors (Lipinski definition) is 3. The summed E-state index contributed by atoms with van der Waals surface area (Å²) in [6.07, 6.45) is 0. The molecule has 5 heteroatoms. The number of carboxylic acids is 1. The normalized spacial score (nSPS) is 10.7. The van der Waals surface area contributed by atoms with E-state index in [1.54, 1.807) is 24.3 Å². The Balaban J connectivity index is 1.91. The molecule has 2 aromatic carbocycles. The number of benzene rings is 2. The number of ether oxygens (including phenoxy) is 1. The third-order valence-corrected chi connectivity index (χ3v) is 3.78. The topological polar surface area (TPSA) is 59.7 Å². The van der Waals surface area contributed by atoms with Gasteiger partial charge >= 0.3 is 5.97 Å². The van der Waals surface area contributed by atoms with Crippen LogP contribution in [0, 0.1) is 3.57 Å². The van der Waals surface area contributed by atoms with Crippen LogP contribution < -0.4 is 4.74 Å². The molecule has 106 valence electrons. The van der Waals surface area contributed by atoms with Gasteiger partial charge in [-0.1, -0.05) is 18.2 Å². The highest BCUT2D eigenvalue weighted by atomic mass is 127. The van der Waals surface area contributed by atoms with Crippen LogP contribution in [0.15, 0.2) is 52.9 Å². The summed E-state index contributed by atoms with van der Waals surface area (Å²) in [5.74, 6) is -0.0179. The summed E-state index contributed by atoms with van der Waals surface area (Å²) in [6, 6.07) is 14.6. The van der Waals surface area contributed by atoms with Crippen LogP contribution in [-0.2, 0) is 6.61 Å². The van der Waals surface area contributed by atoms with Crippen molar-refractivity contribution in [3.05, 3.63) is 63.4 Å². The Morgan fingerprint density at radius 3 is 2.57 bits per heavy atom. The van der Waals surface area contributed by atoms with Gasteiger partial charge in [-0.25, -0.2) is 4.79 Å². The predicted molar refractivity (Wildman–Crippen MR) is 86.7 cm³/mol. The third-order valence-electron chi connectivity index (χ3n) is 3.07. The Labute approximate surface area is 134 Å². The SMILES string of the molecule is O=C(O)c1c(COc2ccc(I)cc2)oc2ccccc12. The molecule has 21 heavy (non-hydrogen) atoms. The molecule has 0 fully saturated rings. The van der Waals surface area contributed by atoms with E-state index in [2.05, 4.69) is 22.6 Å². The van der Waals surface area contributed by atoms with Crippen LogP contribution in [0.2, 0.25) is 0 Å². The van der Waals surface area contributed by atoms with Crippen LogP contribution in [0.3, 0.4) is 0 Å². The molecule has 0 amide bonds. The quantitative estimate of drug-likeness (QED) is 0.670. The molecule has 0 aliphatic carbocycles. The Hall–Kier alpha value is -2.02. The summed E-state index contributed by atoms with van der Waals surface area (Å²) >= 11 is 2.21. The number of hydrogen-bond donors (Lipinski definition) is 1. The molecule has 3 rings (SSSR count). The zero-order chi connectivity index (χ0) is 14.8. The van der Waals surface area contributed by atoms with Crippen molar-refractivity contribution in [2.24, 2.45) is 0 Å². The maximum Gasteiger partial charge on any atom is 0.340 e. The highest BCUT2D eigenvalue weighted by Crippen LogP contribution is 2.27. The number of para-hydroxylation sites is 1. The monoisotopic (exact) mass is 394 g/mol. The van der Waals surface area contributed by atoms with Crippen molar-refractivity contribution in [1.82, 2.24) is 0 Å². The number of aromatic carboxylic acids is 1. The summed E-state index contributed by atoms with van der Waals surface area (Å²) in [5, 5.41) is 9.96. The Kier molecular flexibility index (Phi) is 3.83. The molecule has 0 saturated heterocycles. The van der Waals surface area contributed by atoms with Crippen LogP contribution in [0.4, 0.5) is 0 Å². The summed E-state index contributed by atoms with van der Waals surface area (Å²) in [4.78, 5) is 11.4. The lowest BCUT2D eigenvalue weighted by Gasteiger charge is -2.04. The lowest BCUT2D eigenvalue weighted by Crippen LogP contribution is -2.03. The maximum absolute atomic E-state index is 11.4. The van der Waals surface area contributed by atoms with Gasteiger partial charge in [-0.05, 0) is 52.9 Å². The molecular weight excluding hydrogens is 383 g/mol. The number of fused-ring (bicyclic) bond motifs is 1. The fourth-order valence-electron chi connectivity index (χ4n) is 2.11. The smallest absolute Gasteiger partial charge is 0.340 e. The van der Waals surface area contributed by atoms with E-state index in [0.29, 0.717) is 22.5 Å². The van der Waals surface area contributed by atoms with E-state index in [4.69, 9.17) is 9.15 Å². The molecule has 0 atom stereocenters. The fourth-order valence-corrected chi connectivity index (χ4v) is 2.47. The molecule has 1 heterocycles.